The predicted molar refractivity (Wildman–Crippen MR) is 132 cm³/mol. The van der Waals surface area contributed by atoms with Gasteiger partial charge in [-0.1, -0.05) is 24.6 Å². The molecule has 0 amide bonds. The Morgan fingerprint density at radius 3 is 2.55 bits per heavy atom. The quantitative estimate of drug-likeness (QED) is 0.652. The molecule has 1 aromatic rings. The van der Waals surface area contributed by atoms with Gasteiger partial charge in [-0.15, -0.1) is 0 Å². The first-order valence-corrected chi connectivity index (χ1v) is 12.8. The van der Waals surface area contributed by atoms with Gasteiger partial charge in [-0.25, -0.2) is 0 Å². The number of nitrogens with zero attached hydrogens (tertiary/aromatic N) is 1. The molecule has 0 aromatic heterocycles. The molecule has 4 aliphatic rings. The third-order valence-corrected chi connectivity index (χ3v) is 9.62. The van der Waals surface area contributed by atoms with Crippen LogP contribution in [0.2, 0.25) is 0 Å². The van der Waals surface area contributed by atoms with E-state index in [0.29, 0.717) is 31.1 Å². The Morgan fingerprint density at radius 1 is 1.09 bits per heavy atom. The summed E-state index contributed by atoms with van der Waals surface area (Å²) >= 11 is 0. The Bertz CT molecular complexity index is 991. The molecule has 0 heterocycles. The smallest absolute Gasteiger partial charge is 0.156 e. The van der Waals surface area contributed by atoms with Crippen LogP contribution in [0.4, 0.5) is 5.69 Å². The van der Waals surface area contributed by atoms with Crippen molar-refractivity contribution in [3.63, 3.8) is 0 Å². The lowest BCUT2D eigenvalue weighted by molar-refractivity contribution is -0.114. The lowest BCUT2D eigenvalue weighted by atomic mass is 9.51. The third-order valence-electron chi connectivity index (χ3n) is 9.62. The van der Waals surface area contributed by atoms with Gasteiger partial charge in [-0.05, 0) is 98.1 Å². The largest absolute Gasteiger partial charge is 0.396 e. The van der Waals surface area contributed by atoms with Gasteiger partial charge in [-0.3, -0.25) is 4.79 Å². The van der Waals surface area contributed by atoms with Crippen molar-refractivity contribution in [2.75, 3.05) is 25.6 Å². The van der Waals surface area contributed by atoms with Gasteiger partial charge < -0.3 is 15.1 Å². The molecule has 4 heteroatoms. The molecule has 5 atom stereocenters. The van der Waals surface area contributed by atoms with E-state index < -0.39 is 5.60 Å². The molecular formula is C29H39NO3. The molecular weight excluding hydrogens is 410 g/mol. The minimum atomic E-state index is -0.711. The molecule has 4 nitrogen and oxygen atoms in total. The monoisotopic (exact) mass is 449 g/mol. The Balaban J connectivity index is 1.62. The number of hydrogen-bond acceptors (Lipinski definition) is 4. The first-order chi connectivity index (χ1) is 15.8. The standard InChI is InChI=1S/C29H39NO3/c1-28-18-25(19-5-8-21(9-6-19)30(2)3)27-23-12-10-22(32)17-20(23)7-11-24(27)26(28)13-15-29(28,33)14-4-16-31/h5-6,8-9,17,24-26,31,33H,4,7,10-16,18H2,1-3H3/t24?,25?,26?,28-,29-/m1/s1. The average molecular weight is 450 g/mol. The first-order valence-electron chi connectivity index (χ1n) is 12.8. The molecule has 3 unspecified atom stereocenters. The Kier molecular flexibility index (Phi) is 5.81. The third kappa shape index (κ3) is 3.61. The number of aliphatic hydroxyl groups excluding tert-OH is 1. The lowest BCUT2D eigenvalue weighted by Gasteiger charge is -2.55. The normalized spacial score (nSPS) is 35.6. The summed E-state index contributed by atoms with van der Waals surface area (Å²) in [5.74, 6) is 1.50. The van der Waals surface area contributed by atoms with Crippen LogP contribution in [0.3, 0.4) is 0 Å². The summed E-state index contributed by atoms with van der Waals surface area (Å²) in [7, 11) is 4.14. The van der Waals surface area contributed by atoms with Crippen molar-refractivity contribution in [1.82, 2.24) is 0 Å². The zero-order valence-electron chi connectivity index (χ0n) is 20.4. The summed E-state index contributed by atoms with van der Waals surface area (Å²) in [6.45, 7) is 2.47. The van der Waals surface area contributed by atoms with Gasteiger partial charge in [0.2, 0.25) is 0 Å². The molecule has 4 aliphatic carbocycles. The molecule has 0 bridgehead atoms. The number of anilines is 1. The van der Waals surface area contributed by atoms with Gasteiger partial charge in [0.05, 0.1) is 5.60 Å². The van der Waals surface area contributed by atoms with Crippen LogP contribution >= 0.6 is 0 Å². The average Bonchev–Trinajstić information content (AvgIpc) is 3.07. The van der Waals surface area contributed by atoms with E-state index in [9.17, 15) is 15.0 Å². The molecule has 0 spiro atoms. The summed E-state index contributed by atoms with van der Waals surface area (Å²) in [6.07, 6.45) is 9.68. The van der Waals surface area contributed by atoms with Crippen molar-refractivity contribution in [3.05, 3.63) is 52.6 Å². The van der Waals surface area contributed by atoms with E-state index in [2.05, 4.69) is 50.2 Å². The van der Waals surface area contributed by atoms with Gasteiger partial charge in [0.1, 0.15) is 0 Å². The van der Waals surface area contributed by atoms with Crippen LogP contribution < -0.4 is 4.90 Å². The highest BCUT2D eigenvalue weighted by atomic mass is 16.3. The zero-order chi connectivity index (χ0) is 23.4. The lowest BCUT2D eigenvalue weighted by Crippen LogP contribution is -2.51. The molecule has 0 saturated heterocycles. The molecule has 33 heavy (non-hydrogen) atoms. The Hall–Kier alpha value is -1.91. The second kappa shape index (κ2) is 8.39. The minimum Gasteiger partial charge on any atom is -0.396 e. The maximum atomic E-state index is 12.2. The van der Waals surface area contributed by atoms with Gasteiger partial charge in [-0.2, -0.15) is 0 Å². The number of hydrogen-bond donors (Lipinski definition) is 2. The molecule has 2 fully saturated rings. The molecule has 2 N–H and O–H groups in total. The van der Waals surface area contributed by atoms with Crippen LogP contribution in [0.25, 0.3) is 0 Å². The molecule has 2 saturated carbocycles. The van der Waals surface area contributed by atoms with E-state index in [-0.39, 0.29) is 23.7 Å². The van der Waals surface area contributed by atoms with E-state index in [0.717, 1.165) is 38.5 Å². The van der Waals surface area contributed by atoms with Crippen LogP contribution in [0.5, 0.6) is 0 Å². The number of ketones is 1. The van der Waals surface area contributed by atoms with Crippen LogP contribution in [0, 0.1) is 17.3 Å². The summed E-state index contributed by atoms with van der Waals surface area (Å²) < 4.78 is 0. The fourth-order valence-electron chi connectivity index (χ4n) is 7.84. The van der Waals surface area contributed by atoms with E-state index in [1.165, 1.54) is 22.4 Å². The van der Waals surface area contributed by atoms with Crippen LogP contribution in [-0.2, 0) is 4.79 Å². The van der Waals surface area contributed by atoms with Crippen LogP contribution in [0.1, 0.15) is 76.2 Å². The fraction of sp³-hybridized carbons (Fsp3) is 0.621. The number of allylic oxidation sites excluding steroid dienone is 4. The molecule has 1 aromatic carbocycles. The van der Waals surface area contributed by atoms with Gasteiger partial charge in [0, 0.05) is 44.1 Å². The number of aliphatic hydroxyl groups is 2. The summed E-state index contributed by atoms with van der Waals surface area (Å²) in [6, 6.07) is 8.98. The Morgan fingerprint density at radius 2 is 1.85 bits per heavy atom. The molecule has 5 rings (SSSR count). The fourth-order valence-corrected chi connectivity index (χ4v) is 7.84. The number of fused-ring (bicyclic) bond motifs is 4. The SMILES string of the molecule is CN(C)c1ccc(C2C[C@]3(C)C(CC[C@]3(O)CCCO)C3CCC4=CC(=O)CCC4=C23)cc1. The Labute approximate surface area is 198 Å². The summed E-state index contributed by atoms with van der Waals surface area (Å²) in [5.41, 5.74) is 5.98. The highest BCUT2D eigenvalue weighted by molar-refractivity contribution is 5.93. The topological polar surface area (TPSA) is 60.8 Å². The highest BCUT2D eigenvalue weighted by Crippen LogP contribution is 2.67. The van der Waals surface area contributed by atoms with E-state index >= 15 is 0 Å². The summed E-state index contributed by atoms with van der Waals surface area (Å²) in [4.78, 5) is 14.3. The first kappa shape index (κ1) is 22.9. The minimum absolute atomic E-state index is 0.138. The molecule has 178 valence electrons. The molecule has 0 radical (unpaired) electrons. The summed E-state index contributed by atoms with van der Waals surface area (Å²) in [5, 5.41) is 21.4. The number of carbonyl (C=O) groups excluding carboxylic acids is 1. The van der Waals surface area contributed by atoms with Crippen molar-refractivity contribution in [2.45, 2.75) is 76.2 Å². The van der Waals surface area contributed by atoms with Crippen molar-refractivity contribution in [3.8, 4) is 0 Å². The zero-order valence-corrected chi connectivity index (χ0v) is 20.4. The van der Waals surface area contributed by atoms with E-state index in [4.69, 9.17) is 0 Å². The van der Waals surface area contributed by atoms with Crippen molar-refractivity contribution < 1.29 is 15.0 Å². The molecule has 0 aliphatic heterocycles. The number of rotatable bonds is 5. The second-order valence-corrected chi connectivity index (χ2v) is 11.4. The maximum Gasteiger partial charge on any atom is 0.156 e. The number of benzene rings is 1. The van der Waals surface area contributed by atoms with Crippen molar-refractivity contribution in [1.29, 1.82) is 0 Å². The predicted octanol–water partition coefficient (Wildman–Crippen LogP) is 5.16. The highest BCUT2D eigenvalue weighted by Gasteiger charge is 2.62. The van der Waals surface area contributed by atoms with Gasteiger partial charge >= 0.3 is 0 Å². The van der Waals surface area contributed by atoms with Crippen LogP contribution in [-0.4, -0.2) is 42.3 Å². The second-order valence-electron chi connectivity index (χ2n) is 11.4. The van der Waals surface area contributed by atoms with E-state index in [1.807, 2.05) is 6.08 Å². The van der Waals surface area contributed by atoms with Crippen LogP contribution in [0.15, 0.2) is 47.1 Å². The van der Waals surface area contributed by atoms with E-state index in [1.54, 1.807) is 5.57 Å². The van der Waals surface area contributed by atoms with Gasteiger partial charge in [0.25, 0.3) is 0 Å². The maximum absolute atomic E-state index is 12.2. The van der Waals surface area contributed by atoms with Gasteiger partial charge in [0.15, 0.2) is 5.78 Å². The van der Waals surface area contributed by atoms with Crippen molar-refractivity contribution >= 4 is 11.5 Å². The number of carbonyl (C=O) groups is 1. The van der Waals surface area contributed by atoms with Crippen molar-refractivity contribution in [2.24, 2.45) is 17.3 Å².